The first-order valence-electron chi connectivity index (χ1n) is 6.67. The fraction of sp³-hybridized carbons (Fsp3) is 0.167. The van der Waals surface area contributed by atoms with Crippen LogP contribution in [0.25, 0.3) is 17.0 Å². The average Bonchev–Trinajstić information content (AvgIpc) is 2.52. The molecule has 0 spiro atoms. The summed E-state index contributed by atoms with van der Waals surface area (Å²) in [5.41, 5.74) is 3.52. The molecule has 2 heteroatoms. The molecule has 20 heavy (non-hydrogen) atoms. The van der Waals surface area contributed by atoms with Crippen molar-refractivity contribution in [2.75, 3.05) is 25.0 Å². The molecule has 0 aliphatic heterocycles. The minimum absolute atomic E-state index is 0.534. The summed E-state index contributed by atoms with van der Waals surface area (Å²) in [6.07, 6.45) is 4.22. The SMILES string of the molecule is [C-]#[N+]CCN(C)c1ccc(/C=C/c2ccccc2)cc1. The van der Waals surface area contributed by atoms with Gasteiger partial charge in [-0.15, -0.1) is 0 Å². The Morgan fingerprint density at radius 1 is 0.950 bits per heavy atom. The summed E-state index contributed by atoms with van der Waals surface area (Å²) < 4.78 is 0. The van der Waals surface area contributed by atoms with E-state index in [-0.39, 0.29) is 0 Å². The van der Waals surface area contributed by atoms with Gasteiger partial charge in [0, 0.05) is 12.7 Å². The highest BCUT2D eigenvalue weighted by Crippen LogP contribution is 2.15. The minimum atomic E-state index is 0.534. The molecule has 2 aromatic carbocycles. The molecule has 100 valence electrons. The van der Waals surface area contributed by atoms with Crippen LogP contribution in [0.3, 0.4) is 0 Å². The summed E-state index contributed by atoms with van der Waals surface area (Å²) in [4.78, 5) is 5.48. The van der Waals surface area contributed by atoms with Gasteiger partial charge in [0.2, 0.25) is 6.54 Å². The second-order valence-electron chi connectivity index (χ2n) is 4.64. The van der Waals surface area contributed by atoms with Crippen molar-refractivity contribution in [3.63, 3.8) is 0 Å². The molecular formula is C18H18N2. The Hall–Kier alpha value is -2.53. The van der Waals surface area contributed by atoms with Crippen LogP contribution in [-0.4, -0.2) is 20.1 Å². The molecule has 0 aromatic heterocycles. The van der Waals surface area contributed by atoms with E-state index in [1.165, 1.54) is 11.1 Å². The van der Waals surface area contributed by atoms with Crippen LogP contribution in [-0.2, 0) is 0 Å². The highest BCUT2D eigenvalue weighted by atomic mass is 15.1. The van der Waals surface area contributed by atoms with Gasteiger partial charge in [0.05, 0.1) is 6.54 Å². The van der Waals surface area contributed by atoms with Gasteiger partial charge in [0.25, 0.3) is 0 Å². The van der Waals surface area contributed by atoms with Crippen molar-refractivity contribution in [1.29, 1.82) is 0 Å². The third kappa shape index (κ3) is 4.00. The molecule has 0 bridgehead atoms. The lowest BCUT2D eigenvalue weighted by molar-refractivity contribution is 0.941. The molecule has 0 aliphatic carbocycles. The number of hydrogen-bond acceptors (Lipinski definition) is 1. The maximum absolute atomic E-state index is 6.82. The second kappa shape index (κ2) is 7.16. The fourth-order valence-electron chi connectivity index (χ4n) is 1.93. The lowest BCUT2D eigenvalue weighted by Crippen LogP contribution is -2.19. The summed E-state index contributed by atoms with van der Waals surface area (Å²) in [5, 5.41) is 0. The van der Waals surface area contributed by atoms with Crippen molar-refractivity contribution in [1.82, 2.24) is 0 Å². The molecular weight excluding hydrogens is 244 g/mol. The van der Waals surface area contributed by atoms with Crippen LogP contribution in [0.15, 0.2) is 54.6 Å². The maximum atomic E-state index is 6.82. The van der Waals surface area contributed by atoms with E-state index in [9.17, 15) is 0 Å². The van der Waals surface area contributed by atoms with Crippen molar-refractivity contribution >= 4 is 17.8 Å². The Labute approximate surface area is 120 Å². The third-order valence-corrected chi connectivity index (χ3v) is 3.15. The largest absolute Gasteiger partial charge is 0.367 e. The standard InChI is InChI=1S/C18H18N2/c1-19-14-15-20(2)18-12-10-17(11-13-18)9-8-16-6-4-3-5-7-16/h3-13H,14-15H2,2H3/b9-8+. The lowest BCUT2D eigenvalue weighted by Gasteiger charge is -2.16. The van der Waals surface area contributed by atoms with Gasteiger partial charge in [0.1, 0.15) is 0 Å². The average molecular weight is 262 g/mol. The smallest absolute Gasteiger partial charge is 0.231 e. The van der Waals surface area contributed by atoms with Crippen molar-refractivity contribution in [3.05, 3.63) is 77.1 Å². The zero-order chi connectivity index (χ0) is 14.2. The van der Waals surface area contributed by atoms with Crippen molar-refractivity contribution < 1.29 is 0 Å². The van der Waals surface area contributed by atoms with Gasteiger partial charge in [-0.1, -0.05) is 54.6 Å². The van der Waals surface area contributed by atoms with Gasteiger partial charge < -0.3 is 9.74 Å². The van der Waals surface area contributed by atoms with Crippen LogP contribution in [0, 0.1) is 6.57 Å². The van der Waals surface area contributed by atoms with Gasteiger partial charge in [-0.25, -0.2) is 6.57 Å². The van der Waals surface area contributed by atoms with Crippen LogP contribution in [0.2, 0.25) is 0 Å². The Bertz CT molecular complexity index is 592. The predicted octanol–water partition coefficient (Wildman–Crippen LogP) is 4.21. The Balaban J connectivity index is 2.02. The summed E-state index contributed by atoms with van der Waals surface area (Å²) in [6.45, 7) is 8.12. The summed E-state index contributed by atoms with van der Waals surface area (Å²) in [7, 11) is 2.01. The molecule has 0 heterocycles. The molecule has 0 aliphatic rings. The fourth-order valence-corrected chi connectivity index (χ4v) is 1.93. The van der Waals surface area contributed by atoms with E-state index in [0.29, 0.717) is 6.54 Å². The first-order valence-corrected chi connectivity index (χ1v) is 6.67. The Kier molecular flexibility index (Phi) is 4.97. The number of rotatable bonds is 5. The topological polar surface area (TPSA) is 7.60 Å². The summed E-state index contributed by atoms with van der Waals surface area (Å²) >= 11 is 0. The van der Waals surface area contributed by atoms with E-state index in [2.05, 4.69) is 58.3 Å². The second-order valence-corrected chi connectivity index (χ2v) is 4.64. The highest BCUT2D eigenvalue weighted by Gasteiger charge is 2.00. The maximum Gasteiger partial charge on any atom is 0.231 e. The molecule has 2 rings (SSSR count). The quantitative estimate of drug-likeness (QED) is 0.578. The van der Waals surface area contributed by atoms with Crippen molar-refractivity contribution in [3.8, 4) is 0 Å². The molecule has 0 saturated carbocycles. The molecule has 2 aromatic rings. The first-order chi connectivity index (χ1) is 9.79. The predicted molar refractivity (Wildman–Crippen MR) is 86.6 cm³/mol. The molecule has 0 N–H and O–H groups in total. The molecule has 0 atom stereocenters. The van der Waals surface area contributed by atoms with Crippen LogP contribution >= 0.6 is 0 Å². The van der Waals surface area contributed by atoms with Crippen LogP contribution in [0.1, 0.15) is 11.1 Å². The zero-order valence-electron chi connectivity index (χ0n) is 11.7. The number of anilines is 1. The normalized spacial score (nSPS) is 10.4. The first kappa shape index (κ1) is 13.9. The van der Waals surface area contributed by atoms with E-state index in [1.807, 2.05) is 25.2 Å². The van der Waals surface area contributed by atoms with Gasteiger partial charge in [0.15, 0.2) is 0 Å². The molecule has 0 radical (unpaired) electrons. The number of benzene rings is 2. The Morgan fingerprint density at radius 3 is 2.15 bits per heavy atom. The van der Waals surface area contributed by atoms with Gasteiger partial charge in [-0.3, -0.25) is 0 Å². The lowest BCUT2D eigenvalue weighted by atomic mass is 10.1. The third-order valence-electron chi connectivity index (χ3n) is 3.15. The summed E-state index contributed by atoms with van der Waals surface area (Å²) in [5.74, 6) is 0. The molecule has 0 amide bonds. The van der Waals surface area contributed by atoms with Crippen LogP contribution in [0.4, 0.5) is 5.69 Å². The highest BCUT2D eigenvalue weighted by molar-refractivity contribution is 5.70. The van der Waals surface area contributed by atoms with Gasteiger partial charge >= 0.3 is 0 Å². The number of likely N-dealkylation sites (N-methyl/N-ethyl adjacent to an activating group) is 1. The molecule has 0 fully saturated rings. The van der Waals surface area contributed by atoms with Crippen LogP contribution in [0.5, 0.6) is 0 Å². The van der Waals surface area contributed by atoms with E-state index in [4.69, 9.17) is 6.57 Å². The van der Waals surface area contributed by atoms with E-state index in [1.54, 1.807) is 0 Å². The van der Waals surface area contributed by atoms with Crippen LogP contribution < -0.4 is 4.90 Å². The number of nitrogens with zero attached hydrogens (tertiary/aromatic N) is 2. The minimum Gasteiger partial charge on any atom is -0.367 e. The molecule has 2 nitrogen and oxygen atoms in total. The Morgan fingerprint density at radius 2 is 1.55 bits per heavy atom. The van der Waals surface area contributed by atoms with E-state index in [0.717, 1.165) is 12.2 Å². The van der Waals surface area contributed by atoms with Gasteiger partial charge in [-0.2, -0.15) is 0 Å². The monoisotopic (exact) mass is 262 g/mol. The van der Waals surface area contributed by atoms with Crippen molar-refractivity contribution in [2.24, 2.45) is 0 Å². The zero-order valence-corrected chi connectivity index (χ0v) is 11.7. The van der Waals surface area contributed by atoms with Gasteiger partial charge in [-0.05, 0) is 23.3 Å². The molecule has 0 saturated heterocycles. The van der Waals surface area contributed by atoms with E-state index >= 15 is 0 Å². The molecule has 0 unspecified atom stereocenters. The van der Waals surface area contributed by atoms with Crippen molar-refractivity contribution in [2.45, 2.75) is 0 Å². The number of hydrogen-bond donors (Lipinski definition) is 0. The summed E-state index contributed by atoms with van der Waals surface area (Å²) in [6, 6.07) is 18.6. The van der Waals surface area contributed by atoms with E-state index < -0.39 is 0 Å².